The van der Waals surface area contributed by atoms with Gasteiger partial charge in [0.25, 0.3) is 0 Å². The Morgan fingerprint density at radius 2 is 1.48 bits per heavy atom. The van der Waals surface area contributed by atoms with E-state index in [0.717, 1.165) is 11.8 Å². The van der Waals surface area contributed by atoms with Crippen molar-refractivity contribution in [3.63, 3.8) is 0 Å². The quantitative estimate of drug-likeness (QED) is 0.547. The molecule has 1 aromatic carbocycles. The first-order valence-electron chi connectivity index (χ1n) is 9.08. The maximum Gasteiger partial charge on any atom is 0.115 e. The van der Waals surface area contributed by atoms with E-state index in [0.29, 0.717) is 5.75 Å². The van der Waals surface area contributed by atoms with Crippen LogP contribution in [0.5, 0.6) is 5.75 Å². The fraction of sp³-hybridized carbons (Fsp3) is 0.700. The molecule has 1 fully saturated rings. The van der Waals surface area contributed by atoms with Gasteiger partial charge in [0.15, 0.2) is 0 Å². The third kappa shape index (κ3) is 5.73. The van der Waals surface area contributed by atoms with Crippen molar-refractivity contribution >= 4 is 0 Å². The van der Waals surface area contributed by atoms with Crippen LogP contribution in [0.15, 0.2) is 24.3 Å². The predicted octanol–water partition coefficient (Wildman–Crippen LogP) is 6.42. The summed E-state index contributed by atoms with van der Waals surface area (Å²) < 4.78 is 0. The van der Waals surface area contributed by atoms with Gasteiger partial charge >= 0.3 is 0 Å². The molecule has 1 aromatic rings. The summed E-state index contributed by atoms with van der Waals surface area (Å²) in [6, 6.07) is 7.87. The minimum Gasteiger partial charge on any atom is -0.508 e. The lowest BCUT2D eigenvalue weighted by Gasteiger charge is -2.29. The monoisotopic (exact) mass is 288 g/mol. The van der Waals surface area contributed by atoms with E-state index in [4.69, 9.17) is 0 Å². The van der Waals surface area contributed by atoms with Gasteiger partial charge in [-0.3, -0.25) is 0 Å². The molecule has 0 heterocycles. The zero-order valence-corrected chi connectivity index (χ0v) is 13.7. The van der Waals surface area contributed by atoms with Crippen LogP contribution in [-0.2, 0) is 0 Å². The maximum absolute atomic E-state index is 9.37. The van der Waals surface area contributed by atoms with Gasteiger partial charge in [-0.25, -0.2) is 0 Å². The minimum absolute atomic E-state index is 0.385. The molecule has 0 atom stereocenters. The molecule has 21 heavy (non-hydrogen) atoms. The molecule has 0 radical (unpaired) electrons. The third-order valence-corrected chi connectivity index (χ3v) is 5.18. The molecule has 2 rings (SSSR count). The number of rotatable bonds is 8. The lowest BCUT2D eigenvalue weighted by Crippen LogP contribution is -2.13. The van der Waals surface area contributed by atoms with E-state index in [1.807, 2.05) is 12.1 Å². The molecule has 0 unspecified atom stereocenters. The van der Waals surface area contributed by atoms with Crippen LogP contribution in [0.1, 0.15) is 89.0 Å². The predicted molar refractivity (Wildman–Crippen MR) is 90.8 cm³/mol. The Hall–Kier alpha value is -0.980. The topological polar surface area (TPSA) is 20.2 Å². The van der Waals surface area contributed by atoms with Gasteiger partial charge in [0.05, 0.1) is 0 Å². The molecule has 1 heteroatoms. The van der Waals surface area contributed by atoms with E-state index in [9.17, 15) is 5.11 Å². The van der Waals surface area contributed by atoms with E-state index in [-0.39, 0.29) is 0 Å². The molecule has 1 nitrogen and oxygen atoms in total. The lowest BCUT2D eigenvalue weighted by atomic mass is 9.77. The molecule has 118 valence electrons. The number of aromatic hydroxyl groups is 1. The van der Waals surface area contributed by atoms with Gasteiger partial charge in [-0.15, -0.1) is 0 Å². The minimum atomic E-state index is 0.385. The van der Waals surface area contributed by atoms with Gasteiger partial charge in [0, 0.05) is 0 Å². The molecule has 0 aromatic heterocycles. The smallest absolute Gasteiger partial charge is 0.115 e. The summed E-state index contributed by atoms with van der Waals surface area (Å²) in [6.45, 7) is 2.28. The van der Waals surface area contributed by atoms with Gasteiger partial charge in [-0.05, 0) is 55.2 Å². The molecule has 0 spiro atoms. The Balaban J connectivity index is 1.61. The van der Waals surface area contributed by atoms with Crippen LogP contribution in [0.4, 0.5) is 0 Å². The normalized spacial score (nSPS) is 22.3. The van der Waals surface area contributed by atoms with Gasteiger partial charge < -0.3 is 5.11 Å². The average molecular weight is 288 g/mol. The SMILES string of the molecule is CCCCCCCCC1CCC(c2ccc(O)cc2)CC1. The highest BCUT2D eigenvalue weighted by Crippen LogP contribution is 2.38. The Morgan fingerprint density at radius 3 is 2.14 bits per heavy atom. The molecule has 0 aliphatic heterocycles. The van der Waals surface area contributed by atoms with Crippen LogP contribution < -0.4 is 0 Å². The molecule has 1 aliphatic rings. The highest BCUT2D eigenvalue weighted by Gasteiger charge is 2.21. The fourth-order valence-electron chi connectivity index (χ4n) is 3.74. The Labute approximate surface area is 130 Å². The van der Waals surface area contributed by atoms with Crippen molar-refractivity contribution in [1.82, 2.24) is 0 Å². The van der Waals surface area contributed by atoms with Crippen molar-refractivity contribution in [2.45, 2.75) is 83.5 Å². The fourth-order valence-corrected chi connectivity index (χ4v) is 3.74. The molecule has 1 N–H and O–H groups in total. The lowest BCUT2D eigenvalue weighted by molar-refractivity contribution is 0.301. The highest BCUT2D eigenvalue weighted by atomic mass is 16.3. The van der Waals surface area contributed by atoms with E-state index < -0.39 is 0 Å². The first kappa shape index (κ1) is 16.4. The Bertz CT molecular complexity index is 373. The number of hydrogen-bond acceptors (Lipinski definition) is 1. The number of phenolic OH excluding ortho intramolecular Hbond substituents is 1. The van der Waals surface area contributed by atoms with Crippen LogP contribution in [0, 0.1) is 5.92 Å². The van der Waals surface area contributed by atoms with Crippen LogP contribution in [0.25, 0.3) is 0 Å². The van der Waals surface area contributed by atoms with Crippen LogP contribution in [0.3, 0.4) is 0 Å². The molecule has 1 aliphatic carbocycles. The number of hydrogen-bond donors (Lipinski definition) is 1. The summed E-state index contributed by atoms with van der Waals surface area (Å²) in [6.07, 6.45) is 15.5. The van der Waals surface area contributed by atoms with Crippen LogP contribution >= 0.6 is 0 Å². The average Bonchev–Trinajstić information content (AvgIpc) is 2.52. The molecule has 0 saturated heterocycles. The summed E-state index contributed by atoms with van der Waals surface area (Å²) in [5, 5.41) is 9.37. The van der Waals surface area contributed by atoms with Crippen LogP contribution in [0.2, 0.25) is 0 Å². The van der Waals surface area contributed by atoms with Crippen molar-refractivity contribution < 1.29 is 5.11 Å². The second kappa shape index (κ2) is 9.12. The summed E-state index contributed by atoms with van der Waals surface area (Å²) in [7, 11) is 0. The van der Waals surface area contributed by atoms with Gasteiger partial charge in [-0.1, -0.05) is 64.0 Å². The van der Waals surface area contributed by atoms with Crippen molar-refractivity contribution in [2.75, 3.05) is 0 Å². The number of benzene rings is 1. The van der Waals surface area contributed by atoms with Gasteiger partial charge in [-0.2, -0.15) is 0 Å². The van der Waals surface area contributed by atoms with E-state index in [1.54, 1.807) is 0 Å². The zero-order chi connectivity index (χ0) is 14.9. The summed E-state index contributed by atoms with van der Waals surface area (Å²) >= 11 is 0. The summed E-state index contributed by atoms with van der Waals surface area (Å²) in [5.74, 6) is 2.09. The Kier molecular flexibility index (Phi) is 7.12. The number of unbranched alkanes of at least 4 members (excludes halogenated alkanes) is 5. The first-order chi connectivity index (χ1) is 10.3. The number of phenols is 1. The largest absolute Gasteiger partial charge is 0.508 e. The van der Waals surface area contributed by atoms with Gasteiger partial charge in [0.1, 0.15) is 5.75 Å². The van der Waals surface area contributed by atoms with Crippen molar-refractivity contribution in [2.24, 2.45) is 5.92 Å². The second-order valence-electron chi connectivity index (χ2n) is 6.87. The van der Waals surface area contributed by atoms with Crippen molar-refractivity contribution in [1.29, 1.82) is 0 Å². The molecule has 1 saturated carbocycles. The van der Waals surface area contributed by atoms with Gasteiger partial charge in [0.2, 0.25) is 0 Å². The first-order valence-corrected chi connectivity index (χ1v) is 9.08. The standard InChI is InChI=1S/C20H32O/c1-2-3-4-5-6-7-8-17-9-11-18(12-10-17)19-13-15-20(21)16-14-19/h13-18,21H,2-12H2,1H3. The highest BCUT2D eigenvalue weighted by molar-refractivity contribution is 5.28. The van der Waals surface area contributed by atoms with E-state index in [1.165, 1.54) is 76.2 Å². The third-order valence-electron chi connectivity index (χ3n) is 5.18. The summed E-state index contributed by atoms with van der Waals surface area (Å²) in [4.78, 5) is 0. The molecular weight excluding hydrogens is 256 g/mol. The molecule has 0 bridgehead atoms. The second-order valence-corrected chi connectivity index (χ2v) is 6.87. The van der Waals surface area contributed by atoms with Crippen molar-refractivity contribution in [3.05, 3.63) is 29.8 Å². The van der Waals surface area contributed by atoms with E-state index in [2.05, 4.69) is 19.1 Å². The molecular formula is C20H32O. The van der Waals surface area contributed by atoms with E-state index >= 15 is 0 Å². The van der Waals surface area contributed by atoms with Crippen molar-refractivity contribution in [3.8, 4) is 5.75 Å². The molecule has 0 amide bonds. The Morgan fingerprint density at radius 1 is 0.857 bits per heavy atom. The zero-order valence-electron chi connectivity index (χ0n) is 13.7. The maximum atomic E-state index is 9.37. The van der Waals surface area contributed by atoms with Crippen LogP contribution in [-0.4, -0.2) is 5.11 Å². The summed E-state index contributed by atoms with van der Waals surface area (Å²) in [5.41, 5.74) is 1.42.